The lowest BCUT2D eigenvalue weighted by Crippen LogP contribution is -2.30. The molecule has 2 atom stereocenters. The normalized spacial score (nSPS) is 23.5. The molecule has 1 saturated carbocycles. The number of methoxy groups -OCH3 is 1. The van der Waals surface area contributed by atoms with Gasteiger partial charge in [0.25, 0.3) is 0 Å². The van der Waals surface area contributed by atoms with E-state index in [0.717, 1.165) is 18.9 Å². The number of rotatable bonds is 5. The highest BCUT2D eigenvalue weighted by molar-refractivity contribution is 9.09. The minimum Gasteiger partial charge on any atom is -0.384 e. The molecule has 20 heavy (non-hydrogen) atoms. The van der Waals surface area contributed by atoms with Gasteiger partial charge in [0.05, 0.1) is 6.61 Å². The van der Waals surface area contributed by atoms with E-state index in [4.69, 9.17) is 4.74 Å². The van der Waals surface area contributed by atoms with Crippen molar-refractivity contribution in [3.8, 4) is 0 Å². The summed E-state index contributed by atoms with van der Waals surface area (Å²) in [5.41, 5.74) is 3.23. The first kappa shape index (κ1) is 16.0. The molecule has 0 heterocycles. The molecule has 0 aromatic heterocycles. The van der Waals surface area contributed by atoms with Gasteiger partial charge in [-0.3, -0.25) is 0 Å². The largest absolute Gasteiger partial charge is 0.384 e. The minimum atomic E-state index is 0.446. The third-order valence-electron chi connectivity index (χ3n) is 4.84. The average Bonchev–Trinajstić information content (AvgIpc) is 2.44. The van der Waals surface area contributed by atoms with Crippen molar-refractivity contribution in [2.24, 2.45) is 11.3 Å². The van der Waals surface area contributed by atoms with Crippen molar-refractivity contribution in [2.75, 3.05) is 13.7 Å². The molecule has 112 valence electrons. The summed E-state index contributed by atoms with van der Waals surface area (Å²) in [6.45, 7) is 5.66. The van der Waals surface area contributed by atoms with Crippen molar-refractivity contribution >= 4 is 15.9 Å². The number of benzene rings is 1. The lowest BCUT2D eigenvalue weighted by atomic mass is 9.67. The van der Waals surface area contributed by atoms with Crippen LogP contribution in [0.2, 0.25) is 0 Å². The maximum Gasteiger partial charge on any atom is 0.0502 e. The molecule has 0 bridgehead atoms. The summed E-state index contributed by atoms with van der Waals surface area (Å²) in [5.74, 6) is 0.737. The van der Waals surface area contributed by atoms with Crippen LogP contribution in [0, 0.1) is 11.3 Å². The molecule has 0 amide bonds. The van der Waals surface area contributed by atoms with E-state index >= 15 is 0 Å². The van der Waals surface area contributed by atoms with Crippen molar-refractivity contribution in [3.63, 3.8) is 0 Å². The number of halogens is 1. The zero-order valence-electron chi connectivity index (χ0n) is 13.0. The van der Waals surface area contributed by atoms with Crippen molar-refractivity contribution in [1.82, 2.24) is 0 Å². The van der Waals surface area contributed by atoms with Crippen LogP contribution in [-0.4, -0.2) is 13.7 Å². The lowest BCUT2D eigenvalue weighted by molar-refractivity contribution is 0.136. The Morgan fingerprint density at radius 1 is 1.25 bits per heavy atom. The molecule has 1 aromatic rings. The Morgan fingerprint density at radius 2 is 1.95 bits per heavy atom. The van der Waals surface area contributed by atoms with Crippen LogP contribution < -0.4 is 0 Å². The highest BCUT2D eigenvalue weighted by Gasteiger charge is 2.36. The van der Waals surface area contributed by atoms with Gasteiger partial charge in [-0.05, 0) is 41.7 Å². The maximum absolute atomic E-state index is 5.14. The molecule has 2 heteroatoms. The van der Waals surface area contributed by atoms with Gasteiger partial charge in [-0.25, -0.2) is 0 Å². The monoisotopic (exact) mass is 338 g/mol. The van der Waals surface area contributed by atoms with E-state index in [2.05, 4.69) is 54.0 Å². The fourth-order valence-corrected chi connectivity index (χ4v) is 4.67. The molecule has 1 aliphatic carbocycles. The topological polar surface area (TPSA) is 9.23 Å². The van der Waals surface area contributed by atoms with Crippen LogP contribution in [0.3, 0.4) is 0 Å². The molecule has 0 saturated heterocycles. The van der Waals surface area contributed by atoms with Gasteiger partial charge in [-0.15, -0.1) is 0 Å². The van der Waals surface area contributed by atoms with E-state index in [1.807, 2.05) is 0 Å². The molecule has 1 fully saturated rings. The van der Waals surface area contributed by atoms with Gasteiger partial charge < -0.3 is 4.74 Å². The molecule has 0 radical (unpaired) electrons. The van der Waals surface area contributed by atoms with Crippen LogP contribution in [0.1, 0.15) is 55.5 Å². The first-order chi connectivity index (χ1) is 9.54. The predicted octanol–water partition coefficient (Wildman–Crippen LogP) is 5.53. The number of hydrogen-bond acceptors (Lipinski definition) is 1. The standard InChI is InChI=1S/C18H27BrO/c1-18(2)12-5-4-6-16(18)17(19)15-9-7-14(8-10-15)11-13-20-3/h7-10,16-17H,4-6,11-13H2,1-3H3. The average molecular weight is 339 g/mol. The second kappa shape index (κ2) is 7.09. The van der Waals surface area contributed by atoms with Crippen LogP contribution in [-0.2, 0) is 11.2 Å². The van der Waals surface area contributed by atoms with E-state index in [1.54, 1.807) is 7.11 Å². The molecule has 2 rings (SSSR count). The lowest BCUT2D eigenvalue weighted by Gasteiger charge is -2.41. The zero-order chi connectivity index (χ0) is 14.6. The van der Waals surface area contributed by atoms with Gasteiger partial charge >= 0.3 is 0 Å². The van der Waals surface area contributed by atoms with Gasteiger partial charge in [0, 0.05) is 11.9 Å². The van der Waals surface area contributed by atoms with Crippen LogP contribution in [0.4, 0.5) is 0 Å². The van der Waals surface area contributed by atoms with Crippen molar-refractivity contribution in [2.45, 2.75) is 50.8 Å². The Morgan fingerprint density at radius 3 is 2.55 bits per heavy atom. The minimum absolute atomic E-state index is 0.446. The summed E-state index contributed by atoms with van der Waals surface area (Å²) < 4.78 is 5.14. The fraction of sp³-hybridized carbons (Fsp3) is 0.667. The van der Waals surface area contributed by atoms with Crippen molar-refractivity contribution < 1.29 is 4.74 Å². The van der Waals surface area contributed by atoms with Crippen LogP contribution >= 0.6 is 15.9 Å². The first-order valence-corrected chi connectivity index (χ1v) is 8.68. The van der Waals surface area contributed by atoms with Crippen LogP contribution in [0.5, 0.6) is 0 Å². The summed E-state index contributed by atoms with van der Waals surface area (Å²) in [7, 11) is 1.76. The maximum atomic E-state index is 5.14. The van der Waals surface area contributed by atoms with Crippen LogP contribution in [0.15, 0.2) is 24.3 Å². The molecule has 1 aromatic carbocycles. The summed E-state index contributed by atoms with van der Waals surface area (Å²) in [6.07, 6.45) is 6.46. The molecule has 1 aliphatic rings. The van der Waals surface area contributed by atoms with E-state index in [9.17, 15) is 0 Å². The molecular weight excluding hydrogens is 312 g/mol. The quantitative estimate of drug-likeness (QED) is 0.641. The molecular formula is C18H27BrO. The van der Waals surface area contributed by atoms with E-state index in [0.29, 0.717) is 10.2 Å². The van der Waals surface area contributed by atoms with E-state index < -0.39 is 0 Å². The van der Waals surface area contributed by atoms with Crippen LogP contribution in [0.25, 0.3) is 0 Å². The van der Waals surface area contributed by atoms with Gasteiger partial charge in [-0.1, -0.05) is 66.9 Å². The smallest absolute Gasteiger partial charge is 0.0502 e. The van der Waals surface area contributed by atoms with Gasteiger partial charge in [0.1, 0.15) is 0 Å². The van der Waals surface area contributed by atoms with Gasteiger partial charge in [0.2, 0.25) is 0 Å². The van der Waals surface area contributed by atoms with Gasteiger partial charge in [0.15, 0.2) is 0 Å². The highest BCUT2D eigenvalue weighted by atomic mass is 79.9. The zero-order valence-corrected chi connectivity index (χ0v) is 14.6. The number of hydrogen-bond donors (Lipinski definition) is 0. The van der Waals surface area contributed by atoms with Crippen molar-refractivity contribution in [1.29, 1.82) is 0 Å². The second-order valence-corrected chi connectivity index (χ2v) is 7.71. The number of alkyl halides is 1. The third-order valence-corrected chi connectivity index (χ3v) is 6.00. The Hall–Kier alpha value is -0.340. The summed E-state index contributed by atoms with van der Waals surface area (Å²) in [6, 6.07) is 9.07. The Balaban J connectivity index is 2.06. The Kier molecular flexibility index (Phi) is 5.68. The Bertz CT molecular complexity index is 410. The summed E-state index contributed by atoms with van der Waals surface area (Å²) in [4.78, 5) is 0.481. The molecule has 0 N–H and O–H groups in total. The van der Waals surface area contributed by atoms with E-state index in [-0.39, 0.29) is 0 Å². The molecule has 2 unspecified atom stereocenters. The van der Waals surface area contributed by atoms with E-state index in [1.165, 1.54) is 36.8 Å². The first-order valence-electron chi connectivity index (χ1n) is 7.76. The Labute approximate surface area is 132 Å². The highest BCUT2D eigenvalue weighted by Crippen LogP contribution is 2.50. The molecule has 0 spiro atoms. The SMILES string of the molecule is COCCc1ccc(C(Br)C2CCCCC2(C)C)cc1. The summed E-state index contributed by atoms with van der Waals surface area (Å²) in [5, 5.41) is 0. The fourth-order valence-electron chi connectivity index (χ4n) is 3.38. The second-order valence-electron chi connectivity index (χ2n) is 6.73. The summed E-state index contributed by atoms with van der Waals surface area (Å²) >= 11 is 3.98. The van der Waals surface area contributed by atoms with Gasteiger partial charge in [-0.2, -0.15) is 0 Å². The molecule has 0 aliphatic heterocycles. The predicted molar refractivity (Wildman–Crippen MR) is 89.4 cm³/mol. The molecule has 1 nitrogen and oxygen atoms in total. The van der Waals surface area contributed by atoms with Crippen molar-refractivity contribution in [3.05, 3.63) is 35.4 Å². The number of ether oxygens (including phenoxy) is 1. The third kappa shape index (κ3) is 3.85.